The van der Waals surface area contributed by atoms with Crippen molar-refractivity contribution in [3.05, 3.63) is 212 Å². The van der Waals surface area contributed by atoms with Crippen molar-refractivity contribution in [1.29, 1.82) is 0 Å². The van der Waals surface area contributed by atoms with E-state index in [-0.39, 0.29) is 0 Å². The summed E-state index contributed by atoms with van der Waals surface area (Å²) in [7, 11) is 0. The monoisotopic (exact) mass is 845 g/mol. The van der Waals surface area contributed by atoms with E-state index in [9.17, 15) is 0 Å². The minimum atomic E-state index is 0.630. The van der Waals surface area contributed by atoms with Crippen molar-refractivity contribution in [3.63, 3.8) is 0 Å². The highest BCUT2D eigenvalue weighted by atomic mass is 32.2. The van der Waals surface area contributed by atoms with Gasteiger partial charge in [-0.3, -0.25) is 9.13 Å². The van der Waals surface area contributed by atoms with Gasteiger partial charge in [-0.25, -0.2) is 15.0 Å². The van der Waals surface area contributed by atoms with Crippen LogP contribution in [-0.2, 0) is 0 Å². The van der Waals surface area contributed by atoms with Crippen LogP contribution in [0.5, 0.6) is 0 Å². The highest BCUT2D eigenvalue weighted by Crippen LogP contribution is 2.50. The summed E-state index contributed by atoms with van der Waals surface area (Å²) in [5.74, 6) is 1.91. The molecular formula is C59H35N5S. The lowest BCUT2D eigenvalue weighted by molar-refractivity contribution is 1.03. The summed E-state index contributed by atoms with van der Waals surface area (Å²) >= 11 is 1.85. The van der Waals surface area contributed by atoms with E-state index in [1.165, 1.54) is 69.9 Å². The molecule has 0 N–H and O–H groups in total. The van der Waals surface area contributed by atoms with E-state index in [2.05, 4.69) is 221 Å². The number of nitrogens with zero attached hydrogens (tertiary/aromatic N) is 5. The standard InChI is InChI=1S/C59H35N5S/c1-2-18-43(19-3-1)63-50-25-9-8-22-47(50)54-48-24-12-26-52-55(48)64(59(54)63)51-32-31-40(35-53(51)65-52)39-16-10-17-41(33-39)56-60-57(62-58(61-56)46-23-11-15-36-13-4-6-20-44(36)46)42-30-29-38-28-27-37-14-5-7-21-45(37)49(38)34-42/h1-35H. The topological polar surface area (TPSA) is 48.5 Å². The lowest BCUT2D eigenvalue weighted by Crippen LogP contribution is -2.05. The first kappa shape index (κ1) is 36.2. The number of hydrogen-bond acceptors (Lipinski definition) is 4. The van der Waals surface area contributed by atoms with E-state index in [1.807, 2.05) is 11.8 Å². The molecule has 13 aromatic rings. The molecule has 65 heavy (non-hydrogen) atoms. The van der Waals surface area contributed by atoms with Gasteiger partial charge >= 0.3 is 0 Å². The van der Waals surface area contributed by atoms with Crippen LogP contribution < -0.4 is 0 Å². The third kappa shape index (κ3) is 5.57. The fraction of sp³-hybridized carbons (Fsp3) is 0. The van der Waals surface area contributed by atoms with Crippen molar-refractivity contribution in [1.82, 2.24) is 24.1 Å². The van der Waals surface area contributed by atoms with E-state index < -0.39 is 0 Å². The van der Waals surface area contributed by atoms with Gasteiger partial charge < -0.3 is 0 Å². The molecular weight excluding hydrogens is 811 g/mol. The highest BCUT2D eigenvalue weighted by molar-refractivity contribution is 7.99. The van der Waals surface area contributed by atoms with Gasteiger partial charge in [0.2, 0.25) is 0 Å². The van der Waals surface area contributed by atoms with Gasteiger partial charge in [-0.15, -0.1) is 0 Å². The molecule has 302 valence electrons. The third-order valence-electron chi connectivity index (χ3n) is 13.1. The smallest absolute Gasteiger partial charge is 0.164 e. The van der Waals surface area contributed by atoms with Gasteiger partial charge in [0.25, 0.3) is 0 Å². The largest absolute Gasteiger partial charge is 0.295 e. The molecule has 0 amide bonds. The Labute approximate surface area is 377 Å². The Bertz CT molecular complexity index is 4100. The molecule has 0 radical (unpaired) electrons. The van der Waals surface area contributed by atoms with Gasteiger partial charge in [0.15, 0.2) is 17.5 Å². The quantitative estimate of drug-likeness (QED) is 0.162. The zero-order valence-electron chi connectivity index (χ0n) is 34.9. The van der Waals surface area contributed by atoms with Crippen LogP contribution in [0.2, 0.25) is 0 Å². The van der Waals surface area contributed by atoms with Crippen LogP contribution in [0.1, 0.15) is 0 Å². The lowest BCUT2D eigenvalue weighted by atomic mass is 9.99. The molecule has 0 saturated carbocycles. The van der Waals surface area contributed by atoms with Crippen molar-refractivity contribution in [2.45, 2.75) is 9.79 Å². The van der Waals surface area contributed by atoms with Gasteiger partial charge in [-0.2, -0.15) is 0 Å². The number of fused-ring (bicyclic) bond motifs is 11. The van der Waals surface area contributed by atoms with Crippen LogP contribution >= 0.6 is 11.8 Å². The minimum Gasteiger partial charge on any atom is -0.295 e. The molecule has 0 spiro atoms. The summed E-state index contributed by atoms with van der Waals surface area (Å²) in [5, 5.41) is 10.8. The van der Waals surface area contributed by atoms with Gasteiger partial charge in [0, 0.05) is 48.3 Å². The molecule has 0 unspecified atom stereocenters. The predicted octanol–water partition coefficient (Wildman–Crippen LogP) is 15.5. The molecule has 0 fully saturated rings. The maximum atomic E-state index is 5.26. The van der Waals surface area contributed by atoms with Gasteiger partial charge in [-0.1, -0.05) is 176 Å². The van der Waals surface area contributed by atoms with Crippen molar-refractivity contribution < 1.29 is 0 Å². The first-order chi connectivity index (χ1) is 32.2. The van der Waals surface area contributed by atoms with Gasteiger partial charge in [-0.05, 0) is 92.0 Å². The molecule has 6 heteroatoms. The maximum Gasteiger partial charge on any atom is 0.164 e. The van der Waals surface area contributed by atoms with E-state index in [4.69, 9.17) is 15.0 Å². The molecule has 4 heterocycles. The zero-order chi connectivity index (χ0) is 42.6. The van der Waals surface area contributed by atoms with Crippen LogP contribution in [0.15, 0.2) is 222 Å². The van der Waals surface area contributed by atoms with E-state index in [0.717, 1.165) is 44.3 Å². The molecule has 3 aromatic heterocycles. The summed E-state index contributed by atoms with van der Waals surface area (Å²) in [5.41, 5.74) is 11.0. The molecule has 10 aromatic carbocycles. The van der Waals surface area contributed by atoms with Crippen LogP contribution in [0.3, 0.4) is 0 Å². The second-order valence-corrected chi connectivity index (χ2v) is 17.9. The molecule has 5 nitrogen and oxygen atoms in total. The number of aromatic nitrogens is 5. The normalized spacial score (nSPS) is 12.2. The summed E-state index contributed by atoms with van der Waals surface area (Å²) < 4.78 is 4.93. The number of hydrogen-bond donors (Lipinski definition) is 0. The first-order valence-electron chi connectivity index (χ1n) is 21.9. The predicted molar refractivity (Wildman–Crippen MR) is 269 cm³/mol. The molecule has 1 aliphatic rings. The minimum absolute atomic E-state index is 0.630. The van der Waals surface area contributed by atoms with Gasteiger partial charge in [0.1, 0.15) is 5.65 Å². The number of para-hydroxylation sites is 3. The van der Waals surface area contributed by atoms with Crippen LogP contribution in [0.25, 0.3) is 122 Å². The van der Waals surface area contributed by atoms with Crippen molar-refractivity contribution in [3.8, 4) is 56.7 Å². The van der Waals surface area contributed by atoms with Crippen molar-refractivity contribution in [2.75, 3.05) is 0 Å². The highest BCUT2D eigenvalue weighted by Gasteiger charge is 2.28. The molecule has 0 atom stereocenters. The lowest BCUT2D eigenvalue weighted by Gasteiger charge is -2.22. The maximum absolute atomic E-state index is 5.26. The Morgan fingerprint density at radius 1 is 0.354 bits per heavy atom. The number of benzene rings is 10. The Hall–Kier alpha value is -8.32. The molecule has 14 rings (SSSR count). The fourth-order valence-electron chi connectivity index (χ4n) is 10.2. The summed E-state index contributed by atoms with van der Waals surface area (Å²) in [6.45, 7) is 0. The molecule has 0 bridgehead atoms. The molecule has 0 saturated heterocycles. The van der Waals surface area contributed by atoms with Crippen molar-refractivity contribution >= 4 is 76.9 Å². The molecule has 0 aliphatic carbocycles. The Balaban J connectivity index is 0.930. The first-order valence-corrected chi connectivity index (χ1v) is 22.7. The summed E-state index contributed by atoms with van der Waals surface area (Å²) in [6.07, 6.45) is 0. The van der Waals surface area contributed by atoms with Crippen LogP contribution in [0.4, 0.5) is 0 Å². The summed E-state index contributed by atoms with van der Waals surface area (Å²) in [6, 6.07) is 76.1. The van der Waals surface area contributed by atoms with Crippen molar-refractivity contribution in [2.24, 2.45) is 0 Å². The van der Waals surface area contributed by atoms with Crippen LogP contribution in [-0.4, -0.2) is 24.1 Å². The molecule has 1 aliphatic heterocycles. The number of rotatable bonds is 5. The van der Waals surface area contributed by atoms with E-state index in [0.29, 0.717) is 17.5 Å². The fourth-order valence-corrected chi connectivity index (χ4v) is 11.3. The second-order valence-electron chi connectivity index (χ2n) is 16.8. The summed E-state index contributed by atoms with van der Waals surface area (Å²) in [4.78, 5) is 18.2. The Morgan fingerprint density at radius 3 is 1.82 bits per heavy atom. The third-order valence-corrected chi connectivity index (χ3v) is 14.2. The Kier molecular flexibility index (Phi) is 7.85. The SMILES string of the molecule is c1ccc(-n2c3ccccc3c3c4cccc5c4n(c32)-c2ccc(-c3cccc(-c4nc(-c6ccc7ccc8ccccc8c7c6)nc(-c6cccc7ccccc67)n4)c3)cc2S5)cc1. The average molecular weight is 846 g/mol. The Morgan fingerprint density at radius 2 is 0.954 bits per heavy atom. The van der Waals surface area contributed by atoms with E-state index in [1.54, 1.807) is 0 Å². The van der Waals surface area contributed by atoms with Gasteiger partial charge in [0.05, 0.1) is 16.7 Å². The van der Waals surface area contributed by atoms with Crippen LogP contribution in [0, 0.1) is 0 Å². The zero-order valence-corrected chi connectivity index (χ0v) is 35.7. The second kappa shape index (κ2) is 14.1. The average Bonchev–Trinajstić information content (AvgIpc) is 3.90. The van der Waals surface area contributed by atoms with E-state index >= 15 is 0 Å².